The number of nitrogens with one attached hydrogen (secondary N) is 1. The summed E-state index contributed by atoms with van der Waals surface area (Å²) in [6.07, 6.45) is -0.430. The molecule has 4 rings (SSSR count). The van der Waals surface area contributed by atoms with E-state index in [9.17, 15) is 28.7 Å². The van der Waals surface area contributed by atoms with Crippen molar-refractivity contribution in [2.75, 3.05) is 6.54 Å². The second kappa shape index (κ2) is 6.47. The van der Waals surface area contributed by atoms with Crippen molar-refractivity contribution in [2.45, 2.75) is 18.4 Å². The molecule has 1 spiro atoms. The Morgan fingerprint density at radius 2 is 1.97 bits per heavy atom. The first-order valence-corrected chi connectivity index (χ1v) is 9.10. The molecule has 29 heavy (non-hydrogen) atoms. The van der Waals surface area contributed by atoms with Gasteiger partial charge in [-0.1, -0.05) is 23.7 Å². The normalized spacial score (nSPS) is 25.4. The van der Waals surface area contributed by atoms with E-state index in [-0.39, 0.29) is 22.8 Å². The molecule has 3 amide bonds. The fraction of sp³-hybridized carbons (Fsp3) is 0.200. The second-order valence-electron chi connectivity index (χ2n) is 7.23. The van der Waals surface area contributed by atoms with Crippen molar-refractivity contribution in [1.82, 2.24) is 9.80 Å². The molecule has 2 aromatic rings. The number of hydrogen-bond acceptors (Lipinski definition) is 4. The van der Waals surface area contributed by atoms with Crippen molar-refractivity contribution >= 4 is 41.0 Å². The molecule has 9 heteroatoms. The number of amides is 3. The Morgan fingerprint density at radius 1 is 1.21 bits per heavy atom. The highest BCUT2D eigenvalue weighted by Crippen LogP contribution is 2.51. The third-order valence-electron chi connectivity index (χ3n) is 5.45. The van der Waals surface area contributed by atoms with Crippen LogP contribution in [0.3, 0.4) is 0 Å². The van der Waals surface area contributed by atoms with Crippen LogP contribution in [0.1, 0.15) is 17.5 Å². The van der Waals surface area contributed by atoms with E-state index >= 15 is 0 Å². The largest absolute Gasteiger partial charge is 0.477 e. The number of carboxylic acid groups (broad SMARTS) is 1. The Bertz CT molecular complexity index is 1100. The SMILES string of the molecule is O=C(O)C[N+]1(Cc2cccc(F)c2)C(=O)C2(CC(=O)NC2=O)c2cc(Cl)ccc21. The van der Waals surface area contributed by atoms with Gasteiger partial charge < -0.3 is 5.11 Å². The van der Waals surface area contributed by atoms with Gasteiger partial charge in [-0.25, -0.2) is 18.5 Å². The third-order valence-corrected chi connectivity index (χ3v) is 5.68. The standard InChI is InChI=1S/C20H14ClFN2O5/c21-12-4-5-15-14(7-12)20(8-16(25)23-18(20)28)19(29)24(15,10-17(26)27)9-11-2-1-3-13(22)6-11/h1-7H,8-10H2,(H-,23,25,26,27,28)/p+1. The minimum absolute atomic E-state index is 0.194. The summed E-state index contributed by atoms with van der Waals surface area (Å²) in [7, 11) is 0. The summed E-state index contributed by atoms with van der Waals surface area (Å²) in [5.74, 6) is -4.00. The van der Waals surface area contributed by atoms with Crippen molar-refractivity contribution in [2.24, 2.45) is 0 Å². The minimum atomic E-state index is -1.86. The predicted molar refractivity (Wildman–Crippen MR) is 100 cm³/mol. The summed E-state index contributed by atoms with van der Waals surface area (Å²) in [6, 6.07) is 9.85. The summed E-state index contributed by atoms with van der Waals surface area (Å²) in [4.78, 5) is 50.3. The molecule has 0 radical (unpaired) electrons. The number of hydrogen-bond donors (Lipinski definition) is 2. The van der Waals surface area contributed by atoms with Crippen molar-refractivity contribution in [1.29, 1.82) is 0 Å². The van der Waals surface area contributed by atoms with Crippen LogP contribution in [0, 0.1) is 5.82 Å². The molecule has 2 aliphatic heterocycles. The van der Waals surface area contributed by atoms with Gasteiger partial charge in [0.25, 0.3) is 5.91 Å². The lowest BCUT2D eigenvalue weighted by atomic mass is 9.80. The maximum absolute atomic E-state index is 13.8. The van der Waals surface area contributed by atoms with Gasteiger partial charge >= 0.3 is 11.9 Å². The van der Waals surface area contributed by atoms with Crippen LogP contribution in [0.2, 0.25) is 5.02 Å². The maximum Gasteiger partial charge on any atom is 0.360 e. The van der Waals surface area contributed by atoms with Crippen LogP contribution >= 0.6 is 11.6 Å². The number of carbonyl (C=O) groups excluding carboxylic acids is 3. The smallest absolute Gasteiger partial charge is 0.360 e. The van der Waals surface area contributed by atoms with Gasteiger partial charge in [-0.3, -0.25) is 14.9 Å². The van der Waals surface area contributed by atoms with Crippen molar-refractivity contribution in [3.63, 3.8) is 0 Å². The zero-order valence-electron chi connectivity index (χ0n) is 14.9. The van der Waals surface area contributed by atoms with Crippen LogP contribution < -0.4 is 9.80 Å². The first kappa shape index (κ1) is 19.2. The van der Waals surface area contributed by atoms with E-state index in [0.29, 0.717) is 5.56 Å². The van der Waals surface area contributed by atoms with E-state index < -0.39 is 52.4 Å². The first-order chi connectivity index (χ1) is 13.7. The Hall–Kier alpha value is -3.10. The highest BCUT2D eigenvalue weighted by atomic mass is 35.5. The Labute approximate surface area is 169 Å². The van der Waals surface area contributed by atoms with Crippen LogP contribution in [-0.2, 0) is 31.1 Å². The monoisotopic (exact) mass is 417 g/mol. The number of quaternary nitrogens is 1. The number of fused-ring (bicyclic) bond motifs is 2. The molecule has 148 valence electrons. The first-order valence-electron chi connectivity index (χ1n) is 8.72. The summed E-state index contributed by atoms with van der Waals surface area (Å²) in [5.41, 5.74) is -1.02. The van der Waals surface area contributed by atoms with Gasteiger partial charge in [0.1, 0.15) is 18.0 Å². The number of carboxylic acids is 1. The van der Waals surface area contributed by atoms with Crippen LogP contribution in [0.4, 0.5) is 10.1 Å². The fourth-order valence-electron chi connectivity index (χ4n) is 4.35. The lowest BCUT2D eigenvalue weighted by Gasteiger charge is -2.31. The van der Waals surface area contributed by atoms with Crippen LogP contribution in [0.15, 0.2) is 42.5 Å². The molecule has 0 bridgehead atoms. The molecule has 2 aliphatic rings. The number of rotatable bonds is 4. The molecule has 0 aliphatic carbocycles. The van der Waals surface area contributed by atoms with Gasteiger partial charge in [-0.2, -0.15) is 0 Å². The molecule has 1 fully saturated rings. The Balaban J connectivity index is 1.98. The zero-order valence-corrected chi connectivity index (χ0v) is 15.7. The number of imide groups is 1. The van der Waals surface area contributed by atoms with E-state index in [1.807, 2.05) is 0 Å². The number of carbonyl (C=O) groups is 4. The predicted octanol–water partition coefficient (Wildman–Crippen LogP) is 1.90. The Kier molecular flexibility index (Phi) is 4.29. The molecule has 2 atom stereocenters. The highest BCUT2D eigenvalue weighted by Gasteiger charge is 2.70. The number of benzene rings is 2. The summed E-state index contributed by atoms with van der Waals surface area (Å²) < 4.78 is 13.0. The average Bonchev–Trinajstić information content (AvgIpc) is 3.03. The van der Waals surface area contributed by atoms with Gasteiger partial charge in [-0.05, 0) is 24.3 Å². The number of nitrogens with zero attached hydrogens (tertiary/aromatic N) is 1. The Morgan fingerprint density at radius 3 is 2.59 bits per heavy atom. The molecule has 2 heterocycles. The van der Waals surface area contributed by atoms with Crippen LogP contribution in [-0.4, -0.2) is 35.3 Å². The molecule has 0 saturated carbocycles. The third kappa shape index (κ3) is 2.75. The van der Waals surface area contributed by atoms with Gasteiger partial charge in [0.2, 0.25) is 11.3 Å². The summed E-state index contributed by atoms with van der Waals surface area (Å²) in [5, 5.41) is 12.0. The molecule has 2 aromatic carbocycles. The lowest BCUT2D eigenvalue weighted by molar-refractivity contribution is -0.147. The number of aliphatic carboxylic acids is 1. The highest BCUT2D eigenvalue weighted by molar-refractivity contribution is 6.32. The lowest BCUT2D eigenvalue weighted by Crippen LogP contribution is -2.59. The van der Waals surface area contributed by atoms with Gasteiger partial charge in [0.15, 0.2) is 6.54 Å². The fourth-order valence-corrected chi connectivity index (χ4v) is 4.52. The van der Waals surface area contributed by atoms with E-state index in [4.69, 9.17) is 11.6 Å². The van der Waals surface area contributed by atoms with Gasteiger partial charge in [-0.15, -0.1) is 0 Å². The molecule has 2 N–H and O–H groups in total. The van der Waals surface area contributed by atoms with E-state index in [0.717, 1.165) is 0 Å². The molecular formula is C20H15ClFN2O5+. The van der Waals surface area contributed by atoms with Gasteiger partial charge in [0, 0.05) is 22.2 Å². The van der Waals surface area contributed by atoms with Gasteiger partial charge in [0.05, 0.1) is 6.42 Å². The van der Waals surface area contributed by atoms with Crippen molar-refractivity contribution in [3.8, 4) is 0 Å². The molecule has 0 aromatic heterocycles. The van der Waals surface area contributed by atoms with Crippen molar-refractivity contribution in [3.05, 3.63) is 64.4 Å². The minimum Gasteiger partial charge on any atom is -0.477 e. The molecular weight excluding hydrogens is 403 g/mol. The summed E-state index contributed by atoms with van der Waals surface area (Å²) >= 11 is 6.10. The van der Waals surface area contributed by atoms with Crippen molar-refractivity contribution < 1.29 is 28.7 Å². The second-order valence-corrected chi connectivity index (χ2v) is 7.67. The van der Waals surface area contributed by atoms with E-state index in [1.165, 1.54) is 36.4 Å². The topological polar surface area (TPSA) is 101 Å². The average molecular weight is 418 g/mol. The number of halogens is 2. The van der Waals surface area contributed by atoms with Crippen LogP contribution in [0.25, 0.3) is 0 Å². The quantitative estimate of drug-likeness (QED) is 0.449. The zero-order chi connectivity index (χ0) is 21.0. The maximum atomic E-state index is 13.8. The van der Waals surface area contributed by atoms with E-state index in [2.05, 4.69) is 5.32 Å². The summed E-state index contributed by atoms with van der Waals surface area (Å²) in [6.45, 7) is -0.867. The van der Waals surface area contributed by atoms with E-state index in [1.54, 1.807) is 6.07 Å². The molecule has 7 nitrogen and oxygen atoms in total. The van der Waals surface area contributed by atoms with Crippen LogP contribution in [0.5, 0.6) is 0 Å². The molecule has 2 unspecified atom stereocenters. The molecule has 1 saturated heterocycles.